The fourth-order valence-corrected chi connectivity index (χ4v) is 6.99. The summed E-state index contributed by atoms with van der Waals surface area (Å²) in [5.41, 5.74) is -1.84. The molecule has 0 saturated carbocycles. The van der Waals surface area contributed by atoms with E-state index in [2.05, 4.69) is 4.90 Å². The molecule has 284 valence electrons. The zero-order valence-electron chi connectivity index (χ0n) is 28.5. The number of urea groups is 1. The molecule has 17 heteroatoms. The van der Waals surface area contributed by atoms with Crippen molar-refractivity contribution in [2.45, 2.75) is 76.1 Å². The number of carbonyl (C=O) groups excluding carboxylic acids is 2. The van der Waals surface area contributed by atoms with Gasteiger partial charge in [0.1, 0.15) is 5.82 Å². The number of carbonyl (C=O) groups is 4. The van der Waals surface area contributed by atoms with Crippen molar-refractivity contribution in [2.24, 2.45) is 0 Å². The Morgan fingerprint density at radius 2 is 1.48 bits per heavy atom. The summed E-state index contributed by atoms with van der Waals surface area (Å²) < 4.78 is 95.2. The maximum Gasteiger partial charge on any atom is 0.416 e. The van der Waals surface area contributed by atoms with Gasteiger partial charge in [0.25, 0.3) is 0 Å². The molecule has 3 saturated heterocycles. The monoisotopic (exact) mass is 744 g/mol. The largest absolute Gasteiger partial charge is 0.478 e. The lowest BCUT2D eigenvalue weighted by molar-refractivity contribution is -0.143. The van der Waals surface area contributed by atoms with Gasteiger partial charge in [-0.1, -0.05) is 6.07 Å². The molecular weight excluding hydrogens is 705 g/mol. The van der Waals surface area contributed by atoms with E-state index in [0.29, 0.717) is 68.7 Å². The average molecular weight is 745 g/mol. The zero-order chi connectivity index (χ0) is 38.7. The Balaban J connectivity index is 0.000000677. The summed E-state index contributed by atoms with van der Waals surface area (Å²) in [5, 5.41) is 15.6. The van der Waals surface area contributed by atoms with Crippen molar-refractivity contribution in [3.05, 3.63) is 82.2 Å². The maximum absolute atomic E-state index is 14.1. The molecule has 0 aromatic heterocycles. The second-order valence-electron chi connectivity index (χ2n) is 13.1. The number of amides is 3. The van der Waals surface area contributed by atoms with Crippen molar-refractivity contribution in [1.29, 1.82) is 0 Å². The molecule has 3 aliphatic rings. The number of halogens is 7. The zero-order valence-corrected chi connectivity index (χ0v) is 28.5. The molecule has 3 heterocycles. The minimum Gasteiger partial charge on any atom is -0.478 e. The Bertz CT molecular complexity index is 1650. The van der Waals surface area contributed by atoms with Crippen LogP contribution >= 0.6 is 0 Å². The minimum absolute atomic E-state index is 0.0619. The number of likely N-dealkylation sites (tertiary alicyclic amines) is 1. The number of hydrogen-bond donors (Lipinski definition) is 2. The molecule has 2 aromatic rings. The Hall–Kier alpha value is -4.67. The number of carboxylic acids is 2. The van der Waals surface area contributed by atoms with Crippen LogP contribution in [0.1, 0.15) is 72.5 Å². The van der Waals surface area contributed by atoms with Crippen molar-refractivity contribution in [1.82, 2.24) is 19.6 Å². The number of nitrogens with zero attached hydrogens (tertiary/aromatic N) is 4. The van der Waals surface area contributed by atoms with Crippen LogP contribution in [0.5, 0.6) is 0 Å². The fourth-order valence-electron chi connectivity index (χ4n) is 6.99. The van der Waals surface area contributed by atoms with Crippen LogP contribution in [0.2, 0.25) is 0 Å². The van der Waals surface area contributed by atoms with E-state index in [1.807, 2.05) is 4.90 Å². The highest BCUT2D eigenvalue weighted by Crippen LogP contribution is 2.40. The highest BCUT2D eigenvalue weighted by molar-refractivity contribution is 5.89. The fraction of sp³-hybridized carbons (Fsp3) is 0.486. The molecule has 0 spiro atoms. The molecule has 10 nitrogen and oxygen atoms in total. The number of benzene rings is 2. The van der Waals surface area contributed by atoms with Crippen LogP contribution in [-0.4, -0.2) is 99.0 Å². The summed E-state index contributed by atoms with van der Waals surface area (Å²) in [5.74, 6) is -2.79. The number of hydrogen-bond acceptors (Lipinski definition) is 5. The minimum atomic E-state index is -5.01. The van der Waals surface area contributed by atoms with Gasteiger partial charge in [0.15, 0.2) is 0 Å². The summed E-state index contributed by atoms with van der Waals surface area (Å²) in [4.78, 5) is 52.3. The summed E-state index contributed by atoms with van der Waals surface area (Å²) in [6.07, 6.45) is -6.49. The van der Waals surface area contributed by atoms with Gasteiger partial charge in [-0.05, 0) is 80.1 Å². The lowest BCUT2D eigenvalue weighted by atomic mass is 9.88. The van der Waals surface area contributed by atoms with Crippen LogP contribution in [0.3, 0.4) is 0 Å². The molecule has 0 radical (unpaired) electrons. The van der Waals surface area contributed by atoms with E-state index in [4.69, 9.17) is 10.2 Å². The Morgan fingerprint density at radius 1 is 0.885 bits per heavy atom. The van der Waals surface area contributed by atoms with Crippen molar-refractivity contribution >= 4 is 23.9 Å². The van der Waals surface area contributed by atoms with Crippen molar-refractivity contribution in [2.75, 3.05) is 33.2 Å². The van der Waals surface area contributed by atoms with E-state index >= 15 is 0 Å². The van der Waals surface area contributed by atoms with E-state index in [-0.39, 0.29) is 36.2 Å². The number of aryl methyl sites for hydroxylation is 1. The summed E-state index contributed by atoms with van der Waals surface area (Å²) >= 11 is 0. The number of carboxylic acid groups (broad SMARTS) is 2. The topological polar surface area (TPSA) is 122 Å². The van der Waals surface area contributed by atoms with Crippen molar-refractivity contribution in [3.63, 3.8) is 0 Å². The Kier molecular flexibility index (Phi) is 12.3. The first-order chi connectivity index (χ1) is 24.2. The molecule has 0 unspecified atom stereocenters. The van der Waals surface area contributed by atoms with Crippen LogP contribution in [0.15, 0.2) is 48.6 Å². The molecule has 3 aliphatic heterocycles. The average Bonchev–Trinajstić information content (AvgIpc) is 3.45. The molecule has 3 amide bonds. The Morgan fingerprint density at radius 3 is 2.02 bits per heavy atom. The van der Waals surface area contributed by atoms with Gasteiger partial charge in [0.2, 0.25) is 5.91 Å². The van der Waals surface area contributed by atoms with Crippen LogP contribution in [0, 0.1) is 12.7 Å². The number of alkyl halides is 6. The molecule has 52 heavy (non-hydrogen) atoms. The molecule has 5 rings (SSSR count). The van der Waals surface area contributed by atoms with Crippen molar-refractivity contribution < 1.29 is 60.1 Å². The standard InChI is InChI=1S/C31H35F7N4O2.C4H4O4/c1-18-12-23(32)4-6-26(18)27-16-24(40-10-11-41-25(17-40)5-7-28(41)43)8-9-42(27)29(44)39(3)19(2)20-13-21(30(33,34)35)15-22(14-20)31(36,37)38;5-3(6)1-2-4(7)8/h4,6,12-15,19,24-25,27H,5,7-11,16-17H2,1-3H3;1-2H,(H,5,6)(H,7,8)/t19-,24+,25+,27-;/m1./s1. The van der Waals surface area contributed by atoms with E-state index in [0.717, 1.165) is 16.9 Å². The second-order valence-corrected chi connectivity index (χ2v) is 13.1. The quantitative estimate of drug-likeness (QED) is 0.256. The van der Waals surface area contributed by atoms with Crippen LogP contribution < -0.4 is 0 Å². The summed E-state index contributed by atoms with van der Waals surface area (Å²) in [6.45, 7) is 5.43. The normalized spacial score (nSPS) is 21.7. The van der Waals surface area contributed by atoms with Crippen molar-refractivity contribution in [3.8, 4) is 0 Å². The van der Waals surface area contributed by atoms with Gasteiger partial charge in [-0.15, -0.1) is 0 Å². The third kappa shape index (κ3) is 9.60. The molecule has 0 aliphatic carbocycles. The first kappa shape index (κ1) is 40.1. The number of rotatable bonds is 6. The van der Waals surface area contributed by atoms with Crippen LogP contribution in [0.25, 0.3) is 0 Å². The van der Waals surface area contributed by atoms with Gasteiger partial charge in [0, 0.05) is 63.9 Å². The third-order valence-electron chi connectivity index (χ3n) is 9.80. The molecule has 2 aromatic carbocycles. The molecular formula is C35H39F7N4O6. The smallest absolute Gasteiger partial charge is 0.416 e. The van der Waals surface area contributed by atoms with Gasteiger partial charge < -0.3 is 24.9 Å². The second kappa shape index (κ2) is 15.9. The van der Waals surface area contributed by atoms with Gasteiger partial charge >= 0.3 is 30.3 Å². The van der Waals surface area contributed by atoms with E-state index in [1.165, 1.54) is 26.1 Å². The number of aliphatic carboxylic acids is 2. The summed E-state index contributed by atoms with van der Waals surface area (Å²) in [7, 11) is 1.36. The third-order valence-corrected chi connectivity index (χ3v) is 9.80. The highest BCUT2D eigenvalue weighted by Gasteiger charge is 2.43. The number of fused-ring (bicyclic) bond motifs is 1. The number of piperidine rings is 1. The molecule has 3 fully saturated rings. The molecule has 4 atom stereocenters. The molecule has 2 N–H and O–H groups in total. The van der Waals surface area contributed by atoms with Gasteiger partial charge in [0.05, 0.1) is 23.2 Å². The van der Waals surface area contributed by atoms with E-state index in [9.17, 15) is 49.9 Å². The van der Waals surface area contributed by atoms with Gasteiger partial charge in [-0.3, -0.25) is 9.69 Å². The molecule has 0 bridgehead atoms. The Labute approximate surface area is 295 Å². The van der Waals surface area contributed by atoms with Gasteiger partial charge in [-0.2, -0.15) is 26.3 Å². The SMILES string of the molecule is Cc1cc(F)ccc1[C@H]1C[C@@H](N2CCN3C(=O)CC[C@H]3C2)CCN1C(=O)N(C)[C@H](C)c1cc(C(F)(F)F)cc(C(F)(F)F)c1.O=C(O)C=CC(=O)O. The van der Waals surface area contributed by atoms with Crippen LogP contribution in [-0.2, 0) is 26.7 Å². The first-order valence-corrected chi connectivity index (χ1v) is 16.4. The van der Waals surface area contributed by atoms with E-state index in [1.54, 1.807) is 17.9 Å². The van der Waals surface area contributed by atoms with Crippen LogP contribution in [0.4, 0.5) is 35.5 Å². The van der Waals surface area contributed by atoms with Gasteiger partial charge in [-0.25, -0.2) is 18.8 Å². The maximum atomic E-state index is 14.1. The first-order valence-electron chi connectivity index (χ1n) is 16.4. The predicted molar refractivity (Wildman–Crippen MR) is 172 cm³/mol. The predicted octanol–water partition coefficient (Wildman–Crippen LogP) is 6.51. The highest BCUT2D eigenvalue weighted by atomic mass is 19.4. The lowest BCUT2D eigenvalue weighted by Gasteiger charge is -2.48. The lowest BCUT2D eigenvalue weighted by Crippen LogP contribution is -2.57. The number of piperazine rings is 1. The summed E-state index contributed by atoms with van der Waals surface area (Å²) in [6, 6.07) is 3.68. The van der Waals surface area contributed by atoms with E-state index < -0.39 is 59.4 Å².